The number of amides is 3. The van der Waals surface area contributed by atoms with Crippen molar-refractivity contribution in [3.05, 3.63) is 59.1 Å². The Morgan fingerprint density at radius 3 is 2.38 bits per heavy atom. The number of fused-ring (bicyclic) bond motifs is 1. The molecule has 0 saturated heterocycles. The highest BCUT2D eigenvalue weighted by Crippen LogP contribution is 2.29. The van der Waals surface area contributed by atoms with Crippen LogP contribution in [-0.4, -0.2) is 43.1 Å². The summed E-state index contributed by atoms with van der Waals surface area (Å²) in [5.41, 5.74) is 0.916. The Morgan fingerprint density at radius 2 is 1.69 bits per heavy atom. The number of halogens is 4. The number of hydrogen-bond donors (Lipinski definition) is 6. The Kier molecular flexibility index (Phi) is 7.90. The van der Waals surface area contributed by atoms with E-state index in [2.05, 4.69) is 40.6 Å². The van der Waals surface area contributed by atoms with E-state index in [0.717, 1.165) is 0 Å². The second-order valence-electron chi connectivity index (χ2n) is 8.03. The maximum Gasteiger partial charge on any atom is 0.512 e. The number of carbonyl (C=O) groups excluding carboxylic acids is 2. The van der Waals surface area contributed by atoms with Gasteiger partial charge in [0.2, 0.25) is 11.7 Å². The molecule has 0 unspecified atom stereocenters. The van der Waals surface area contributed by atoms with E-state index in [1.54, 1.807) is 24.3 Å². The lowest BCUT2D eigenvalue weighted by Crippen LogP contribution is -2.20. The number of imidazole rings is 2. The number of benzene rings is 2. The molecule has 2 aromatic heterocycles. The lowest BCUT2D eigenvalue weighted by Gasteiger charge is -2.07. The lowest BCUT2D eigenvalue weighted by atomic mass is 10.2. The monoisotopic (exact) mass is 565 g/mol. The van der Waals surface area contributed by atoms with Crippen molar-refractivity contribution in [2.75, 3.05) is 16.0 Å². The number of nitrogens with one attached hydrogen (secondary N) is 5. The summed E-state index contributed by atoms with van der Waals surface area (Å²) >= 11 is 5.81. The van der Waals surface area contributed by atoms with Gasteiger partial charge in [0, 0.05) is 29.2 Å². The molecular weight excluding hydrogens is 547 g/mol. The van der Waals surface area contributed by atoms with Gasteiger partial charge in [-0.05, 0) is 48.9 Å². The molecule has 12 nitrogen and oxygen atoms in total. The Balaban J connectivity index is 1.33. The minimum Gasteiger partial charge on any atom is -0.449 e. The fourth-order valence-corrected chi connectivity index (χ4v) is 3.56. The quantitative estimate of drug-likeness (QED) is 0.150. The number of aryl methyl sites for hydroxylation is 1. The average molecular weight is 566 g/mol. The van der Waals surface area contributed by atoms with Gasteiger partial charge in [-0.15, -0.1) is 0 Å². The van der Waals surface area contributed by atoms with Crippen LogP contribution in [0, 0.1) is 0 Å². The van der Waals surface area contributed by atoms with Crippen LogP contribution in [0.3, 0.4) is 0 Å². The highest BCUT2D eigenvalue weighted by molar-refractivity contribution is 6.30. The fraction of sp³-hybridized carbons (Fsp3) is 0.174. The average Bonchev–Trinajstić information content (AvgIpc) is 3.44. The molecule has 0 bridgehead atoms. The second kappa shape index (κ2) is 11.3. The maximum absolute atomic E-state index is 12.8. The molecule has 4 rings (SSSR count). The third-order valence-electron chi connectivity index (χ3n) is 5.10. The van der Waals surface area contributed by atoms with E-state index in [-0.39, 0.29) is 53.5 Å². The first-order valence-electron chi connectivity index (χ1n) is 11.2. The van der Waals surface area contributed by atoms with Crippen LogP contribution in [0.5, 0.6) is 5.88 Å². The molecule has 4 aromatic rings. The van der Waals surface area contributed by atoms with Gasteiger partial charge in [-0.2, -0.15) is 18.2 Å². The molecular formula is C23H19ClF3N7O5. The Labute approximate surface area is 221 Å². The van der Waals surface area contributed by atoms with E-state index in [9.17, 15) is 27.6 Å². The molecule has 2 aromatic carbocycles. The van der Waals surface area contributed by atoms with Crippen LogP contribution in [0.15, 0.2) is 42.5 Å². The first-order valence-corrected chi connectivity index (χ1v) is 11.5. The van der Waals surface area contributed by atoms with Crippen LogP contribution in [0.1, 0.15) is 24.5 Å². The molecule has 0 radical (unpaired) electrons. The first-order chi connectivity index (χ1) is 18.5. The molecule has 204 valence electrons. The van der Waals surface area contributed by atoms with Crippen LogP contribution in [0.2, 0.25) is 5.02 Å². The Hall–Kier alpha value is -4.79. The lowest BCUT2D eigenvalue weighted by molar-refractivity contribution is -0.144. The topological polar surface area (TPSA) is 174 Å². The number of urea groups is 1. The summed E-state index contributed by atoms with van der Waals surface area (Å²) in [6, 6.07) is 9.67. The molecule has 0 aliphatic heterocycles. The number of carboxylic acid groups (broad SMARTS) is 1. The van der Waals surface area contributed by atoms with Crippen LogP contribution in [0.4, 0.5) is 40.0 Å². The van der Waals surface area contributed by atoms with Crippen molar-refractivity contribution < 1.29 is 37.4 Å². The number of ether oxygens (including phenoxy) is 1. The summed E-state index contributed by atoms with van der Waals surface area (Å²) in [6.45, 7) is 0. The molecule has 0 atom stereocenters. The van der Waals surface area contributed by atoms with Crippen LogP contribution in [-0.2, 0) is 17.4 Å². The molecule has 0 saturated carbocycles. The zero-order valence-electron chi connectivity index (χ0n) is 19.6. The van der Waals surface area contributed by atoms with Crippen molar-refractivity contribution in [3.63, 3.8) is 0 Å². The molecule has 0 spiro atoms. The van der Waals surface area contributed by atoms with Gasteiger partial charge in [0.25, 0.3) is 5.88 Å². The van der Waals surface area contributed by atoms with Gasteiger partial charge in [-0.25, -0.2) is 14.6 Å². The van der Waals surface area contributed by atoms with Gasteiger partial charge in [0.15, 0.2) is 5.82 Å². The number of nitrogens with zero attached hydrogens (tertiary/aromatic N) is 2. The predicted molar refractivity (Wildman–Crippen MR) is 134 cm³/mol. The highest BCUT2D eigenvalue weighted by Gasteiger charge is 2.34. The molecule has 39 heavy (non-hydrogen) atoms. The molecule has 0 aliphatic carbocycles. The van der Waals surface area contributed by atoms with Crippen LogP contribution >= 0.6 is 11.6 Å². The number of rotatable bonds is 8. The number of hydrogen-bond acceptors (Lipinski definition) is 6. The number of alkyl halides is 3. The summed E-state index contributed by atoms with van der Waals surface area (Å²) in [7, 11) is 0. The summed E-state index contributed by atoms with van der Waals surface area (Å²) in [6.07, 6.45) is -5.83. The number of aromatic nitrogens is 4. The fourth-order valence-electron chi connectivity index (χ4n) is 3.43. The summed E-state index contributed by atoms with van der Waals surface area (Å²) in [5, 5.41) is 17.0. The summed E-state index contributed by atoms with van der Waals surface area (Å²) < 4.78 is 43.1. The maximum atomic E-state index is 12.8. The van der Waals surface area contributed by atoms with E-state index in [0.29, 0.717) is 10.7 Å². The normalized spacial score (nSPS) is 11.3. The largest absolute Gasteiger partial charge is 0.512 e. The Bertz CT molecular complexity index is 1520. The zero-order chi connectivity index (χ0) is 28.2. The second-order valence-corrected chi connectivity index (χ2v) is 8.47. The van der Waals surface area contributed by atoms with Gasteiger partial charge >= 0.3 is 18.4 Å². The molecule has 0 fully saturated rings. The predicted octanol–water partition coefficient (Wildman–Crippen LogP) is 5.62. The van der Waals surface area contributed by atoms with E-state index < -0.39 is 30.1 Å². The van der Waals surface area contributed by atoms with E-state index in [1.165, 1.54) is 18.2 Å². The molecule has 3 amide bonds. The van der Waals surface area contributed by atoms with E-state index in [4.69, 9.17) is 16.7 Å². The van der Waals surface area contributed by atoms with Crippen molar-refractivity contribution in [2.45, 2.75) is 25.4 Å². The smallest absolute Gasteiger partial charge is 0.449 e. The first kappa shape index (κ1) is 27.3. The van der Waals surface area contributed by atoms with Gasteiger partial charge in [0.05, 0.1) is 11.0 Å². The van der Waals surface area contributed by atoms with Gasteiger partial charge in [0.1, 0.15) is 5.82 Å². The van der Waals surface area contributed by atoms with Crippen molar-refractivity contribution in [3.8, 4) is 5.88 Å². The minimum atomic E-state index is -4.63. The van der Waals surface area contributed by atoms with Crippen molar-refractivity contribution in [1.29, 1.82) is 0 Å². The summed E-state index contributed by atoms with van der Waals surface area (Å²) in [5.74, 6) is -1.82. The standard InChI is InChI=1S/C23H19ClF3N7O5/c24-11-4-6-12(7-5-11)29-21(36)34-18-19(39-22(37)38)33-16(32-18)2-1-3-17(35)28-13-8-9-14-15(10-13)31-20(30-14)23(25,26)27/h4-10H,1-3H2,(H,28,35)(H,30,31)(H,32,33)(H,37,38)(H2,29,34,36). The molecule has 16 heteroatoms. The summed E-state index contributed by atoms with van der Waals surface area (Å²) in [4.78, 5) is 48.0. The third-order valence-corrected chi connectivity index (χ3v) is 5.35. The Morgan fingerprint density at radius 1 is 0.974 bits per heavy atom. The van der Waals surface area contributed by atoms with Crippen LogP contribution < -0.4 is 20.7 Å². The molecule has 2 heterocycles. The minimum absolute atomic E-state index is 0.00441. The molecule has 6 N–H and O–H groups in total. The SMILES string of the molecule is O=C(CCCc1nc(OC(=O)O)c(NC(=O)Nc2ccc(Cl)cc2)[nH]1)Nc1ccc2nc(C(F)(F)F)[nH]c2c1. The number of anilines is 3. The van der Waals surface area contributed by atoms with Gasteiger partial charge in [-0.1, -0.05) is 11.6 Å². The van der Waals surface area contributed by atoms with Gasteiger partial charge < -0.3 is 30.4 Å². The van der Waals surface area contributed by atoms with Gasteiger partial charge in [-0.3, -0.25) is 10.1 Å². The number of aromatic amines is 2. The van der Waals surface area contributed by atoms with Crippen molar-refractivity contribution >= 4 is 57.9 Å². The molecule has 0 aliphatic rings. The van der Waals surface area contributed by atoms with Crippen molar-refractivity contribution in [1.82, 2.24) is 19.9 Å². The van der Waals surface area contributed by atoms with Crippen LogP contribution in [0.25, 0.3) is 11.0 Å². The van der Waals surface area contributed by atoms with E-state index in [1.807, 2.05) is 0 Å². The highest BCUT2D eigenvalue weighted by atomic mass is 35.5. The van der Waals surface area contributed by atoms with E-state index >= 15 is 0 Å². The van der Waals surface area contributed by atoms with Crippen molar-refractivity contribution in [2.24, 2.45) is 0 Å². The number of H-pyrrole nitrogens is 2. The third kappa shape index (κ3) is 7.38. The zero-order valence-corrected chi connectivity index (χ0v) is 20.4. The number of carbonyl (C=O) groups is 3.